The van der Waals surface area contributed by atoms with Gasteiger partial charge in [0, 0.05) is 17.3 Å². The van der Waals surface area contributed by atoms with Crippen LogP contribution in [0.2, 0.25) is 10.0 Å². The molecule has 0 saturated heterocycles. The lowest BCUT2D eigenvalue weighted by molar-refractivity contribution is -0.142. The smallest absolute Gasteiger partial charge is 0.417 e. The normalized spacial score (nSPS) is 11.4. The summed E-state index contributed by atoms with van der Waals surface area (Å²) in [5, 5.41) is 2.31. The van der Waals surface area contributed by atoms with Crippen molar-refractivity contribution in [2.75, 3.05) is 11.9 Å². The van der Waals surface area contributed by atoms with E-state index in [-0.39, 0.29) is 5.82 Å². The van der Waals surface area contributed by atoms with E-state index in [0.29, 0.717) is 22.8 Å². The standard InChI is InChI=1S/C17H11Cl2F3N2O3/c18-12-4-1-10(2-5-12)3-6-15(26)27-9-14(25)24-16-13(19)7-11(8-23-16)17(20,21)22/h1-8H,9H2,(H,23,24,25). The van der Waals surface area contributed by atoms with Gasteiger partial charge in [-0.3, -0.25) is 4.79 Å². The summed E-state index contributed by atoms with van der Waals surface area (Å²) in [6, 6.07) is 7.26. The van der Waals surface area contributed by atoms with E-state index in [1.165, 1.54) is 6.08 Å². The van der Waals surface area contributed by atoms with Gasteiger partial charge < -0.3 is 10.1 Å². The molecule has 1 heterocycles. The van der Waals surface area contributed by atoms with Gasteiger partial charge in [0.05, 0.1) is 10.6 Å². The highest BCUT2D eigenvalue weighted by Gasteiger charge is 2.31. The quantitative estimate of drug-likeness (QED) is 0.568. The molecule has 0 saturated carbocycles. The van der Waals surface area contributed by atoms with Gasteiger partial charge in [0.15, 0.2) is 12.4 Å². The SMILES string of the molecule is O=C(COC(=O)C=Cc1ccc(Cl)cc1)Nc1ncc(C(F)(F)F)cc1Cl. The van der Waals surface area contributed by atoms with Gasteiger partial charge in [-0.1, -0.05) is 35.3 Å². The van der Waals surface area contributed by atoms with Crippen LogP contribution in [-0.4, -0.2) is 23.5 Å². The Morgan fingerprint density at radius 1 is 1.19 bits per heavy atom. The molecule has 27 heavy (non-hydrogen) atoms. The Balaban J connectivity index is 1.87. The van der Waals surface area contributed by atoms with E-state index in [9.17, 15) is 22.8 Å². The van der Waals surface area contributed by atoms with E-state index in [0.717, 1.165) is 6.08 Å². The highest BCUT2D eigenvalue weighted by Crippen LogP contribution is 2.32. The number of rotatable bonds is 5. The fourth-order valence-electron chi connectivity index (χ4n) is 1.78. The largest absolute Gasteiger partial charge is 0.452 e. The molecule has 0 bridgehead atoms. The topological polar surface area (TPSA) is 68.3 Å². The number of ether oxygens (including phenoxy) is 1. The summed E-state index contributed by atoms with van der Waals surface area (Å²) in [5.41, 5.74) is -0.356. The molecule has 0 fully saturated rings. The average Bonchev–Trinajstić information content (AvgIpc) is 2.60. The molecule has 1 amide bonds. The Hall–Kier alpha value is -2.58. The van der Waals surface area contributed by atoms with Gasteiger partial charge in [-0.25, -0.2) is 9.78 Å². The third-order valence-electron chi connectivity index (χ3n) is 3.05. The fourth-order valence-corrected chi connectivity index (χ4v) is 2.12. The van der Waals surface area contributed by atoms with Crippen LogP contribution in [0.25, 0.3) is 6.08 Å². The lowest BCUT2D eigenvalue weighted by atomic mass is 10.2. The maximum atomic E-state index is 12.5. The van der Waals surface area contributed by atoms with Crippen LogP contribution < -0.4 is 5.32 Å². The highest BCUT2D eigenvalue weighted by molar-refractivity contribution is 6.33. The molecule has 1 N–H and O–H groups in total. The molecule has 1 aromatic carbocycles. The Bertz CT molecular complexity index is 869. The molecule has 2 aromatic rings. The fraction of sp³-hybridized carbons (Fsp3) is 0.118. The predicted octanol–water partition coefficient (Wildman–Crippen LogP) is 4.60. The molecule has 0 aliphatic heterocycles. The van der Waals surface area contributed by atoms with Crippen LogP contribution in [-0.2, 0) is 20.5 Å². The summed E-state index contributed by atoms with van der Waals surface area (Å²) in [4.78, 5) is 26.7. The molecular weight excluding hydrogens is 408 g/mol. The zero-order valence-corrected chi connectivity index (χ0v) is 14.9. The van der Waals surface area contributed by atoms with E-state index in [1.807, 2.05) is 0 Å². The summed E-state index contributed by atoms with van der Waals surface area (Å²) >= 11 is 11.4. The minimum absolute atomic E-state index is 0.276. The number of carbonyl (C=O) groups is 2. The highest BCUT2D eigenvalue weighted by atomic mass is 35.5. The number of carbonyl (C=O) groups excluding carboxylic acids is 2. The van der Waals surface area contributed by atoms with Crippen LogP contribution in [0, 0.1) is 0 Å². The number of hydrogen-bond acceptors (Lipinski definition) is 4. The number of halogens is 5. The van der Waals surface area contributed by atoms with Gasteiger partial charge in [-0.15, -0.1) is 0 Å². The van der Waals surface area contributed by atoms with Crippen molar-refractivity contribution in [3.8, 4) is 0 Å². The lowest BCUT2D eigenvalue weighted by Gasteiger charge is -2.10. The van der Waals surface area contributed by atoms with Crippen molar-refractivity contribution in [3.05, 3.63) is 63.8 Å². The van der Waals surface area contributed by atoms with Gasteiger partial charge in [-0.2, -0.15) is 13.2 Å². The summed E-state index contributed by atoms with van der Waals surface area (Å²) in [6.45, 7) is -0.664. The molecule has 0 radical (unpaired) electrons. The molecular formula is C17H11Cl2F3N2O3. The Labute approximate surface area is 161 Å². The Morgan fingerprint density at radius 2 is 1.85 bits per heavy atom. The number of anilines is 1. The van der Waals surface area contributed by atoms with Crippen LogP contribution in [0.3, 0.4) is 0 Å². The van der Waals surface area contributed by atoms with Crippen molar-refractivity contribution in [1.29, 1.82) is 0 Å². The van der Waals surface area contributed by atoms with Crippen molar-refractivity contribution >= 4 is 47.0 Å². The molecule has 0 unspecified atom stereocenters. The van der Waals surface area contributed by atoms with Crippen LogP contribution in [0.4, 0.5) is 19.0 Å². The molecule has 5 nitrogen and oxygen atoms in total. The number of alkyl halides is 3. The van der Waals surface area contributed by atoms with E-state index >= 15 is 0 Å². The lowest BCUT2D eigenvalue weighted by Crippen LogP contribution is -2.21. The summed E-state index contributed by atoms with van der Waals surface area (Å²) in [7, 11) is 0. The molecule has 0 spiro atoms. The van der Waals surface area contributed by atoms with Gasteiger partial charge in [-0.05, 0) is 29.8 Å². The number of benzene rings is 1. The first-order valence-electron chi connectivity index (χ1n) is 7.28. The summed E-state index contributed by atoms with van der Waals surface area (Å²) < 4.78 is 42.3. The molecule has 1 aromatic heterocycles. The minimum atomic E-state index is -4.61. The van der Waals surface area contributed by atoms with Crippen LogP contribution in [0.15, 0.2) is 42.6 Å². The molecule has 0 aliphatic carbocycles. The monoisotopic (exact) mass is 418 g/mol. The maximum absolute atomic E-state index is 12.5. The molecule has 142 valence electrons. The van der Waals surface area contributed by atoms with Crippen molar-refractivity contribution in [3.63, 3.8) is 0 Å². The van der Waals surface area contributed by atoms with Gasteiger partial charge in [0.25, 0.3) is 5.91 Å². The molecule has 10 heteroatoms. The van der Waals surface area contributed by atoms with Gasteiger partial charge in [0.1, 0.15) is 0 Å². The second-order valence-corrected chi connectivity index (χ2v) is 5.94. The van der Waals surface area contributed by atoms with E-state index in [2.05, 4.69) is 10.3 Å². The molecule has 0 aliphatic rings. The van der Waals surface area contributed by atoms with E-state index in [1.54, 1.807) is 24.3 Å². The zero-order chi connectivity index (χ0) is 20.0. The van der Waals surface area contributed by atoms with Gasteiger partial charge >= 0.3 is 12.1 Å². The average molecular weight is 419 g/mol. The number of aromatic nitrogens is 1. The third-order valence-corrected chi connectivity index (χ3v) is 3.59. The van der Waals surface area contributed by atoms with Crippen molar-refractivity contribution < 1.29 is 27.5 Å². The maximum Gasteiger partial charge on any atom is 0.417 e. The number of amides is 1. The number of esters is 1. The van der Waals surface area contributed by atoms with Crippen LogP contribution >= 0.6 is 23.2 Å². The second-order valence-electron chi connectivity index (χ2n) is 5.09. The number of hydrogen-bond donors (Lipinski definition) is 1. The van der Waals surface area contributed by atoms with Crippen molar-refractivity contribution in [2.45, 2.75) is 6.18 Å². The van der Waals surface area contributed by atoms with Gasteiger partial charge in [0.2, 0.25) is 0 Å². The third kappa shape index (κ3) is 6.58. The zero-order valence-electron chi connectivity index (χ0n) is 13.4. The second kappa shape index (κ2) is 8.88. The molecule has 2 rings (SSSR count). The summed E-state index contributed by atoms with van der Waals surface area (Å²) in [6.07, 6.45) is -1.50. The Kier molecular flexibility index (Phi) is 6.81. The number of nitrogens with one attached hydrogen (secondary N) is 1. The van der Waals surface area contributed by atoms with Crippen LogP contribution in [0.5, 0.6) is 0 Å². The van der Waals surface area contributed by atoms with Crippen LogP contribution in [0.1, 0.15) is 11.1 Å². The number of pyridine rings is 1. The van der Waals surface area contributed by atoms with Crippen molar-refractivity contribution in [2.24, 2.45) is 0 Å². The minimum Gasteiger partial charge on any atom is -0.452 e. The first-order chi connectivity index (χ1) is 12.6. The van der Waals surface area contributed by atoms with Crippen molar-refractivity contribution in [1.82, 2.24) is 4.98 Å². The van der Waals surface area contributed by atoms with E-state index < -0.39 is 35.2 Å². The summed E-state index contributed by atoms with van der Waals surface area (Å²) in [5.74, 6) is -1.87. The van der Waals surface area contributed by atoms with E-state index in [4.69, 9.17) is 27.9 Å². The Morgan fingerprint density at radius 3 is 2.44 bits per heavy atom. The number of nitrogens with zero attached hydrogens (tertiary/aromatic N) is 1. The first kappa shape index (κ1) is 20.7. The predicted molar refractivity (Wildman–Crippen MR) is 94.3 cm³/mol. The first-order valence-corrected chi connectivity index (χ1v) is 8.04. The molecule has 0 atom stereocenters.